The Morgan fingerprint density at radius 2 is 2.08 bits per heavy atom. The Hall–Kier alpha value is -2.67. The summed E-state index contributed by atoms with van der Waals surface area (Å²) in [6.45, 7) is 4.87. The van der Waals surface area contributed by atoms with E-state index in [1.165, 1.54) is 6.26 Å². The third-order valence-corrected chi connectivity index (χ3v) is 3.89. The number of guanidine groups is 1. The number of rotatable bonds is 8. The van der Waals surface area contributed by atoms with Crippen LogP contribution in [0, 0.1) is 0 Å². The van der Waals surface area contributed by atoms with E-state index in [0.29, 0.717) is 18.3 Å². The molecule has 2 atom stereocenters. The van der Waals surface area contributed by atoms with Crippen molar-refractivity contribution in [1.82, 2.24) is 10.6 Å². The van der Waals surface area contributed by atoms with E-state index in [2.05, 4.69) is 15.6 Å². The van der Waals surface area contributed by atoms with E-state index in [-0.39, 0.29) is 12.6 Å². The molecule has 0 saturated carbocycles. The van der Waals surface area contributed by atoms with Gasteiger partial charge in [0.15, 0.2) is 5.96 Å². The summed E-state index contributed by atoms with van der Waals surface area (Å²) in [6, 6.07) is 9.04. The minimum Gasteiger partial charge on any atom is -0.497 e. The first-order valence-corrected chi connectivity index (χ1v) is 8.57. The van der Waals surface area contributed by atoms with E-state index in [1.807, 2.05) is 32.0 Å². The fraction of sp³-hybridized carbons (Fsp3) is 0.421. The van der Waals surface area contributed by atoms with Crippen molar-refractivity contribution >= 4 is 5.96 Å². The number of benzene rings is 1. The second kappa shape index (κ2) is 9.72. The maximum Gasteiger partial charge on any atom is 0.191 e. The first-order chi connectivity index (χ1) is 12.6. The number of aliphatic hydroxyl groups is 1. The summed E-state index contributed by atoms with van der Waals surface area (Å²) in [6.07, 6.45) is 0.741. The van der Waals surface area contributed by atoms with Gasteiger partial charge in [0.25, 0.3) is 0 Å². The lowest BCUT2D eigenvalue weighted by Crippen LogP contribution is -2.39. The molecule has 1 aromatic heterocycles. The van der Waals surface area contributed by atoms with Gasteiger partial charge in [-0.3, -0.25) is 4.99 Å². The Balaban J connectivity index is 2.12. The molecule has 0 fully saturated rings. The van der Waals surface area contributed by atoms with Crippen LogP contribution in [0.1, 0.15) is 37.3 Å². The van der Waals surface area contributed by atoms with Crippen molar-refractivity contribution in [2.24, 2.45) is 4.99 Å². The van der Waals surface area contributed by atoms with Crippen LogP contribution >= 0.6 is 0 Å². The maximum absolute atomic E-state index is 10.1. The molecular weight excluding hydrogens is 334 g/mol. The number of aliphatic hydroxyl groups excluding tert-OH is 1. The van der Waals surface area contributed by atoms with Crippen LogP contribution in [0.25, 0.3) is 0 Å². The van der Waals surface area contributed by atoms with Crippen molar-refractivity contribution in [3.05, 3.63) is 47.9 Å². The molecule has 3 N–H and O–H groups in total. The van der Waals surface area contributed by atoms with E-state index in [0.717, 1.165) is 17.1 Å². The van der Waals surface area contributed by atoms with Gasteiger partial charge in [0.05, 0.1) is 33.1 Å². The van der Waals surface area contributed by atoms with Gasteiger partial charge in [-0.15, -0.1) is 0 Å². The average Bonchev–Trinajstić information content (AvgIpc) is 3.20. The van der Waals surface area contributed by atoms with Gasteiger partial charge in [0, 0.05) is 12.1 Å². The quantitative estimate of drug-likeness (QED) is 0.495. The fourth-order valence-electron chi connectivity index (χ4n) is 2.53. The van der Waals surface area contributed by atoms with Crippen molar-refractivity contribution in [3.63, 3.8) is 0 Å². The summed E-state index contributed by atoms with van der Waals surface area (Å²) >= 11 is 0. The van der Waals surface area contributed by atoms with Crippen LogP contribution in [0.5, 0.6) is 11.5 Å². The van der Waals surface area contributed by atoms with Crippen molar-refractivity contribution in [2.45, 2.75) is 26.0 Å². The standard InChI is InChI=1S/C19H27N3O4/c1-5-20-19(21-12-16(23)18-7-6-10-26-18)22-13(2)15-11-14(24-3)8-9-17(15)25-4/h6-11,13,16,23H,5,12H2,1-4H3,(H2,20,21,22). The summed E-state index contributed by atoms with van der Waals surface area (Å²) in [7, 11) is 3.27. The molecule has 1 heterocycles. The molecule has 0 aliphatic carbocycles. The van der Waals surface area contributed by atoms with Crippen molar-refractivity contribution in [1.29, 1.82) is 0 Å². The predicted molar refractivity (Wildman–Crippen MR) is 101 cm³/mol. The highest BCUT2D eigenvalue weighted by Crippen LogP contribution is 2.29. The number of hydrogen-bond donors (Lipinski definition) is 3. The number of hydrogen-bond acceptors (Lipinski definition) is 5. The number of furan rings is 1. The van der Waals surface area contributed by atoms with Crippen LogP contribution in [0.2, 0.25) is 0 Å². The Kier molecular flexibility index (Phi) is 7.35. The lowest BCUT2D eigenvalue weighted by Gasteiger charge is -2.21. The minimum absolute atomic E-state index is 0.0846. The normalized spacial score (nSPS) is 13.8. The van der Waals surface area contributed by atoms with Crippen LogP contribution in [0.3, 0.4) is 0 Å². The van der Waals surface area contributed by atoms with Gasteiger partial charge in [-0.1, -0.05) is 0 Å². The van der Waals surface area contributed by atoms with E-state index in [4.69, 9.17) is 13.9 Å². The number of aliphatic imine (C=N–C) groups is 1. The molecule has 26 heavy (non-hydrogen) atoms. The second-order valence-corrected chi connectivity index (χ2v) is 5.72. The third kappa shape index (κ3) is 5.16. The fourth-order valence-corrected chi connectivity index (χ4v) is 2.53. The van der Waals surface area contributed by atoms with Gasteiger partial charge in [0.2, 0.25) is 0 Å². The monoisotopic (exact) mass is 361 g/mol. The lowest BCUT2D eigenvalue weighted by molar-refractivity contribution is 0.158. The Morgan fingerprint density at radius 3 is 2.69 bits per heavy atom. The molecule has 0 aliphatic heterocycles. The molecule has 0 saturated heterocycles. The van der Waals surface area contributed by atoms with Crippen LogP contribution < -0.4 is 20.1 Å². The smallest absolute Gasteiger partial charge is 0.191 e. The van der Waals surface area contributed by atoms with Crippen molar-refractivity contribution in [3.8, 4) is 11.5 Å². The van der Waals surface area contributed by atoms with Crippen molar-refractivity contribution in [2.75, 3.05) is 27.3 Å². The Labute approximate surface area is 154 Å². The second-order valence-electron chi connectivity index (χ2n) is 5.72. The number of methoxy groups -OCH3 is 2. The van der Waals surface area contributed by atoms with Gasteiger partial charge in [0.1, 0.15) is 23.4 Å². The number of ether oxygens (including phenoxy) is 2. The molecule has 2 aromatic rings. The largest absolute Gasteiger partial charge is 0.497 e. The summed E-state index contributed by atoms with van der Waals surface area (Å²) in [5, 5.41) is 16.6. The van der Waals surface area contributed by atoms with E-state index >= 15 is 0 Å². The highest BCUT2D eigenvalue weighted by molar-refractivity contribution is 5.80. The molecule has 142 valence electrons. The van der Waals surface area contributed by atoms with Gasteiger partial charge in [-0.25, -0.2) is 0 Å². The molecule has 0 spiro atoms. The first-order valence-electron chi connectivity index (χ1n) is 8.57. The molecule has 2 rings (SSSR count). The summed E-state index contributed by atoms with van der Waals surface area (Å²) in [4.78, 5) is 4.45. The zero-order valence-electron chi connectivity index (χ0n) is 15.7. The topological polar surface area (TPSA) is 88.3 Å². The molecule has 0 amide bonds. The molecular formula is C19H27N3O4. The third-order valence-electron chi connectivity index (χ3n) is 3.89. The van der Waals surface area contributed by atoms with Crippen LogP contribution in [0.15, 0.2) is 46.0 Å². The highest BCUT2D eigenvalue weighted by Gasteiger charge is 2.15. The van der Waals surface area contributed by atoms with Crippen molar-refractivity contribution < 1.29 is 19.0 Å². The number of nitrogens with zero attached hydrogens (tertiary/aromatic N) is 1. The molecule has 0 bridgehead atoms. The summed E-state index contributed by atoms with van der Waals surface area (Å²) in [5.41, 5.74) is 0.948. The maximum atomic E-state index is 10.1. The van der Waals surface area contributed by atoms with Gasteiger partial charge in [-0.05, 0) is 44.2 Å². The highest BCUT2D eigenvalue weighted by atomic mass is 16.5. The van der Waals surface area contributed by atoms with E-state index < -0.39 is 6.10 Å². The molecule has 1 aromatic carbocycles. The van der Waals surface area contributed by atoms with Gasteiger partial charge >= 0.3 is 0 Å². The minimum atomic E-state index is -0.790. The summed E-state index contributed by atoms with van der Waals surface area (Å²) in [5.74, 6) is 2.60. The molecule has 0 aliphatic rings. The van der Waals surface area contributed by atoms with Gasteiger partial charge < -0.3 is 29.6 Å². The average molecular weight is 361 g/mol. The zero-order valence-corrected chi connectivity index (χ0v) is 15.7. The molecule has 2 unspecified atom stereocenters. The molecule has 7 heteroatoms. The molecule has 7 nitrogen and oxygen atoms in total. The lowest BCUT2D eigenvalue weighted by atomic mass is 10.1. The Bertz CT molecular complexity index is 701. The Morgan fingerprint density at radius 1 is 1.27 bits per heavy atom. The van der Waals surface area contributed by atoms with E-state index in [9.17, 15) is 5.11 Å². The van der Waals surface area contributed by atoms with Crippen LogP contribution in [-0.4, -0.2) is 38.4 Å². The summed E-state index contributed by atoms with van der Waals surface area (Å²) < 4.78 is 16.0. The first kappa shape index (κ1) is 19.7. The SMILES string of the molecule is CCNC(=NCC(O)c1ccco1)NC(C)c1cc(OC)ccc1OC. The number of nitrogens with one attached hydrogen (secondary N) is 2. The van der Waals surface area contributed by atoms with Crippen LogP contribution in [0.4, 0.5) is 0 Å². The van der Waals surface area contributed by atoms with E-state index in [1.54, 1.807) is 26.4 Å². The van der Waals surface area contributed by atoms with Crippen LogP contribution in [-0.2, 0) is 0 Å². The van der Waals surface area contributed by atoms with Gasteiger partial charge in [-0.2, -0.15) is 0 Å². The zero-order chi connectivity index (χ0) is 18.9. The predicted octanol–water partition coefficient (Wildman–Crippen LogP) is 2.65. The molecule has 0 radical (unpaired) electrons.